The van der Waals surface area contributed by atoms with Gasteiger partial charge in [0.2, 0.25) is 5.16 Å². The van der Waals surface area contributed by atoms with Crippen molar-refractivity contribution in [2.45, 2.75) is 11.7 Å². The van der Waals surface area contributed by atoms with Crippen molar-refractivity contribution >= 4 is 28.9 Å². The van der Waals surface area contributed by atoms with E-state index < -0.39 is 0 Å². The number of hydrogen-bond donors (Lipinski definition) is 0. The number of halogens is 1. The first-order valence-electron chi connectivity index (χ1n) is 6.42. The maximum absolute atomic E-state index is 12.8. The summed E-state index contributed by atoms with van der Waals surface area (Å²) in [6.07, 6.45) is 0. The Kier molecular flexibility index (Phi) is 4.59. The maximum Gasteiger partial charge on any atom is 0.210 e. The van der Waals surface area contributed by atoms with Gasteiger partial charge in [-0.2, -0.15) is 0 Å². The molecule has 5 nitrogen and oxygen atoms in total. The predicted octanol–water partition coefficient (Wildman–Crippen LogP) is 2.90. The molecule has 0 N–H and O–H groups in total. The summed E-state index contributed by atoms with van der Waals surface area (Å²) < 4.78 is 14.5. The van der Waals surface area contributed by atoms with Gasteiger partial charge in [0.15, 0.2) is 5.78 Å². The molecule has 0 aliphatic rings. The number of thiophene rings is 1. The van der Waals surface area contributed by atoms with E-state index in [-0.39, 0.29) is 17.4 Å². The number of benzene rings is 1. The van der Waals surface area contributed by atoms with Gasteiger partial charge in [0.25, 0.3) is 0 Å². The molecule has 0 spiro atoms. The number of hydrogen-bond acceptors (Lipinski definition) is 6. The number of ketones is 1. The summed E-state index contributed by atoms with van der Waals surface area (Å²) in [5.41, 5.74) is 0.478. The molecule has 0 atom stereocenters. The van der Waals surface area contributed by atoms with Gasteiger partial charge >= 0.3 is 0 Å². The van der Waals surface area contributed by atoms with E-state index in [1.807, 2.05) is 17.5 Å². The molecule has 3 rings (SSSR count). The minimum atomic E-state index is -0.357. The molecular formula is C14H11FN4OS2. The second-order valence-electron chi connectivity index (χ2n) is 4.42. The van der Waals surface area contributed by atoms with Crippen LogP contribution in [0.4, 0.5) is 4.39 Å². The van der Waals surface area contributed by atoms with Crippen molar-refractivity contribution in [3.63, 3.8) is 0 Å². The van der Waals surface area contributed by atoms with Crippen molar-refractivity contribution < 1.29 is 9.18 Å². The van der Waals surface area contributed by atoms with Gasteiger partial charge in [0.1, 0.15) is 5.82 Å². The minimum Gasteiger partial charge on any atom is -0.293 e. The third kappa shape index (κ3) is 3.58. The zero-order chi connectivity index (χ0) is 15.4. The normalized spacial score (nSPS) is 10.8. The third-order valence-electron chi connectivity index (χ3n) is 2.88. The number of carbonyl (C=O) groups is 1. The molecule has 0 amide bonds. The Hall–Kier alpha value is -2.06. The smallest absolute Gasteiger partial charge is 0.210 e. The first kappa shape index (κ1) is 14.9. The first-order valence-corrected chi connectivity index (χ1v) is 8.29. The van der Waals surface area contributed by atoms with Crippen molar-refractivity contribution in [3.8, 4) is 0 Å². The van der Waals surface area contributed by atoms with Gasteiger partial charge in [-0.1, -0.05) is 17.8 Å². The van der Waals surface area contributed by atoms with Crippen molar-refractivity contribution in [3.05, 3.63) is 58.0 Å². The number of carbonyl (C=O) groups excluding carboxylic acids is 1. The summed E-state index contributed by atoms with van der Waals surface area (Å²) in [5.74, 6) is -0.240. The predicted molar refractivity (Wildman–Crippen MR) is 82.7 cm³/mol. The number of aromatic nitrogens is 4. The molecule has 1 aromatic carbocycles. The molecule has 0 bridgehead atoms. The van der Waals surface area contributed by atoms with E-state index in [0.717, 1.165) is 4.88 Å². The second kappa shape index (κ2) is 6.80. The van der Waals surface area contributed by atoms with Gasteiger partial charge in [-0.25, -0.2) is 9.07 Å². The lowest BCUT2D eigenvalue weighted by molar-refractivity contribution is 0.102. The Morgan fingerprint density at radius 1 is 1.27 bits per heavy atom. The lowest BCUT2D eigenvalue weighted by Gasteiger charge is -2.03. The highest BCUT2D eigenvalue weighted by Gasteiger charge is 2.12. The zero-order valence-electron chi connectivity index (χ0n) is 11.3. The summed E-state index contributed by atoms with van der Waals surface area (Å²) in [6, 6.07) is 9.48. The quantitative estimate of drug-likeness (QED) is 0.512. The molecule has 2 aromatic heterocycles. The molecule has 0 aliphatic heterocycles. The van der Waals surface area contributed by atoms with E-state index in [9.17, 15) is 9.18 Å². The van der Waals surface area contributed by atoms with Gasteiger partial charge in [-0.15, -0.1) is 16.4 Å². The SMILES string of the molecule is O=C(CSc1nnnn1Cc1cccs1)c1ccc(F)cc1. The summed E-state index contributed by atoms with van der Waals surface area (Å²) in [5, 5.41) is 14.1. The fraction of sp³-hybridized carbons (Fsp3) is 0.143. The molecule has 0 aliphatic carbocycles. The lowest BCUT2D eigenvalue weighted by atomic mass is 10.1. The first-order chi connectivity index (χ1) is 10.7. The number of thioether (sulfide) groups is 1. The van der Waals surface area contributed by atoms with E-state index in [2.05, 4.69) is 15.5 Å². The highest BCUT2D eigenvalue weighted by atomic mass is 32.2. The van der Waals surface area contributed by atoms with Gasteiger partial charge in [-0.3, -0.25) is 4.79 Å². The Bertz CT molecular complexity index is 756. The highest BCUT2D eigenvalue weighted by molar-refractivity contribution is 7.99. The van der Waals surface area contributed by atoms with E-state index in [0.29, 0.717) is 17.3 Å². The summed E-state index contributed by atoms with van der Waals surface area (Å²) in [6.45, 7) is 0.581. The van der Waals surface area contributed by atoms with Gasteiger partial charge in [0.05, 0.1) is 12.3 Å². The van der Waals surface area contributed by atoms with Crippen LogP contribution in [-0.4, -0.2) is 31.7 Å². The van der Waals surface area contributed by atoms with Crippen LogP contribution in [0.5, 0.6) is 0 Å². The Morgan fingerprint density at radius 3 is 2.82 bits per heavy atom. The number of rotatable bonds is 6. The standard InChI is InChI=1S/C14H11FN4OS2/c15-11-5-3-10(4-6-11)13(20)9-22-14-16-17-18-19(14)8-12-2-1-7-21-12/h1-7H,8-9H2. The molecule has 2 heterocycles. The zero-order valence-corrected chi connectivity index (χ0v) is 13.0. The van der Waals surface area contributed by atoms with E-state index in [1.54, 1.807) is 16.0 Å². The van der Waals surface area contributed by atoms with Crippen LogP contribution in [-0.2, 0) is 6.54 Å². The molecule has 0 saturated heterocycles. The van der Waals surface area contributed by atoms with Crippen LogP contribution in [0, 0.1) is 5.82 Å². The lowest BCUT2D eigenvalue weighted by Crippen LogP contribution is -2.06. The molecule has 0 unspecified atom stereocenters. The van der Waals surface area contributed by atoms with Gasteiger partial charge in [0, 0.05) is 10.4 Å². The Balaban J connectivity index is 1.63. The number of tetrazole rings is 1. The number of Topliss-reactive ketones (excluding diaryl/α,β-unsaturated/α-hetero) is 1. The average molecular weight is 334 g/mol. The van der Waals surface area contributed by atoms with Crippen LogP contribution in [0.3, 0.4) is 0 Å². The number of nitrogens with zero attached hydrogens (tertiary/aromatic N) is 4. The van der Waals surface area contributed by atoms with Crippen molar-refractivity contribution in [1.29, 1.82) is 0 Å². The Labute approximate surface area is 134 Å². The van der Waals surface area contributed by atoms with Gasteiger partial charge < -0.3 is 0 Å². The minimum absolute atomic E-state index is 0.0873. The molecule has 112 valence electrons. The fourth-order valence-corrected chi connectivity index (χ4v) is 3.26. The Morgan fingerprint density at radius 2 is 2.09 bits per heavy atom. The summed E-state index contributed by atoms with van der Waals surface area (Å²) in [7, 11) is 0. The van der Waals surface area contributed by atoms with Crippen LogP contribution in [0.25, 0.3) is 0 Å². The fourth-order valence-electron chi connectivity index (χ4n) is 1.80. The molecular weight excluding hydrogens is 323 g/mol. The molecule has 0 radical (unpaired) electrons. The van der Waals surface area contributed by atoms with Crippen LogP contribution >= 0.6 is 23.1 Å². The molecule has 8 heteroatoms. The summed E-state index contributed by atoms with van der Waals surface area (Å²) in [4.78, 5) is 13.2. The van der Waals surface area contributed by atoms with Crippen molar-refractivity contribution in [1.82, 2.24) is 20.2 Å². The molecule has 3 aromatic rings. The van der Waals surface area contributed by atoms with Crippen molar-refractivity contribution in [2.24, 2.45) is 0 Å². The topological polar surface area (TPSA) is 60.7 Å². The largest absolute Gasteiger partial charge is 0.293 e. The maximum atomic E-state index is 12.8. The van der Waals surface area contributed by atoms with Crippen LogP contribution in [0.2, 0.25) is 0 Å². The molecule has 0 fully saturated rings. The second-order valence-corrected chi connectivity index (χ2v) is 6.39. The van der Waals surface area contributed by atoms with Crippen LogP contribution < -0.4 is 0 Å². The third-order valence-corrected chi connectivity index (χ3v) is 4.70. The average Bonchev–Trinajstić information content (AvgIpc) is 3.18. The monoisotopic (exact) mass is 334 g/mol. The van der Waals surface area contributed by atoms with Crippen LogP contribution in [0.1, 0.15) is 15.2 Å². The highest BCUT2D eigenvalue weighted by Crippen LogP contribution is 2.18. The van der Waals surface area contributed by atoms with Gasteiger partial charge in [-0.05, 0) is 46.1 Å². The van der Waals surface area contributed by atoms with E-state index >= 15 is 0 Å². The van der Waals surface area contributed by atoms with E-state index in [4.69, 9.17) is 0 Å². The van der Waals surface area contributed by atoms with E-state index in [1.165, 1.54) is 36.0 Å². The molecule has 22 heavy (non-hydrogen) atoms. The van der Waals surface area contributed by atoms with Crippen molar-refractivity contribution in [2.75, 3.05) is 5.75 Å². The summed E-state index contributed by atoms with van der Waals surface area (Å²) >= 11 is 2.90. The molecule has 0 saturated carbocycles. The van der Waals surface area contributed by atoms with Crippen LogP contribution in [0.15, 0.2) is 46.9 Å².